The third-order valence-electron chi connectivity index (χ3n) is 6.95. The number of carbonyl (C=O) groups is 4. The van der Waals surface area contributed by atoms with E-state index in [0.29, 0.717) is 24.1 Å². The summed E-state index contributed by atoms with van der Waals surface area (Å²) in [5.41, 5.74) is 7.64. The van der Waals surface area contributed by atoms with Crippen LogP contribution in [0.15, 0.2) is 60.7 Å². The highest BCUT2D eigenvalue weighted by molar-refractivity contribution is 6.01. The van der Waals surface area contributed by atoms with Crippen molar-refractivity contribution in [1.29, 1.82) is 0 Å². The molecule has 4 amide bonds. The lowest BCUT2D eigenvalue weighted by molar-refractivity contribution is -0.142. The number of aryl methyl sites for hydroxylation is 2. The van der Waals surface area contributed by atoms with Crippen molar-refractivity contribution in [2.24, 2.45) is 5.73 Å². The van der Waals surface area contributed by atoms with Crippen LogP contribution in [0, 0.1) is 13.8 Å². The third-order valence-corrected chi connectivity index (χ3v) is 6.95. The van der Waals surface area contributed by atoms with Gasteiger partial charge < -0.3 is 26.0 Å². The van der Waals surface area contributed by atoms with Gasteiger partial charge in [0.2, 0.25) is 11.8 Å². The van der Waals surface area contributed by atoms with E-state index in [1.165, 1.54) is 4.90 Å². The van der Waals surface area contributed by atoms with Crippen molar-refractivity contribution in [3.63, 3.8) is 0 Å². The lowest BCUT2D eigenvalue weighted by atomic mass is 9.93. The van der Waals surface area contributed by atoms with Crippen molar-refractivity contribution in [2.45, 2.75) is 77.6 Å². The number of nitrogens with zero attached hydrogens (tertiary/aromatic N) is 1. The molecule has 41 heavy (non-hydrogen) atoms. The Morgan fingerprint density at radius 2 is 1.59 bits per heavy atom. The standard InChI is InChI=1S/C32H38N4O5/c1-19-9-8-10-20(2)27(19)28(29(38)34-23-14-13-21-11-6-7-12-22(21)17-23)36(24-15-16-24)30(39)25(18-26(33)37)35-31(40)41-32(3,4)5/h6-14,17,24-25,28H,15-16,18H2,1-5H3,(H2,33,37)(H,34,38)(H,35,40). The Balaban J connectivity index is 1.74. The van der Waals surface area contributed by atoms with Gasteiger partial charge in [0.15, 0.2) is 0 Å². The predicted octanol–water partition coefficient (Wildman–Crippen LogP) is 4.90. The minimum Gasteiger partial charge on any atom is -0.444 e. The van der Waals surface area contributed by atoms with E-state index >= 15 is 0 Å². The molecule has 0 aliphatic heterocycles. The maximum Gasteiger partial charge on any atom is 0.408 e. The number of nitrogens with one attached hydrogen (secondary N) is 2. The summed E-state index contributed by atoms with van der Waals surface area (Å²) in [4.78, 5) is 54.5. The van der Waals surface area contributed by atoms with Gasteiger partial charge in [0, 0.05) is 11.7 Å². The minimum atomic E-state index is -1.30. The average molecular weight is 559 g/mol. The Hall–Kier alpha value is -4.40. The number of fused-ring (bicyclic) bond motifs is 1. The molecule has 4 rings (SSSR count). The molecule has 3 aromatic carbocycles. The second-order valence-corrected chi connectivity index (χ2v) is 11.6. The van der Waals surface area contributed by atoms with Gasteiger partial charge in [-0.1, -0.05) is 48.5 Å². The van der Waals surface area contributed by atoms with E-state index in [0.717, 1.165) is 21.9 Å². The van der Waals surface area contributed by atoms with Crippen molar-refractivity contribution in [2.75, 3.05) is 5.32 Å². The van der Waals surface area contributed by atoms with Crippen LogP contribution in [0.5, 0.6) is 0 Å². The predicted molar refractivity (Wildman–Crippen MR) is 158 cm³/mol. The fraction of sp³-hybridized carbons (Fsp3) is 0.375. The fourth-order valence-corrected chi connectivity index (χ4v) is 5.03. The van der Waals surface area contributed by atoms with Crippen LogP contribution in [0.4, 0.5) is 10.5 Å². The van der Waals surface area contributed by atoms with Crippen LogP contribution in [0.25, 0.3) is 10.8 Å². The summed E-state index contributed by atoms with van der Waals surface area (Å²) in [6.45, 7) is 8.88. The van der Waals surface area contributed by atoms with Crippen LogP contribution < -0.4 is 16.4 Å². The first-order valence-corrected chi connectivity index (χ1v) is 13.8. The molecule has 0 saturated heterocycles. The van der Waals surface area contributed by atoms with Crippen molar-refractivity contribution in [3.8, 4) is 0 Å². The second kappa shape index (κ2) is 12.0. The fourth-order valence-electron chi connectivity index (χ4n) is 5.03. The van der Waals surface area contributed by atoms with Gasteiger partial charge in [0.25, 0.3) is 5.91 Å². The lowest BCUT2D eigenvalue weighted by Gasteiger charge is -2.35. The van der Waals surface area contributed by atoms with E-state index in [1.807, 2.05) is 74.5 Å². The van der Waals surface area contributed by atoms with E-state index in [1.54, 1.807) is 20.8 Å². The van der Waals surface area contributed by atoms with Crippen LogP contribution in [0.1, 0.15) is 62.8 Å². The molecule has 0 spiro atoms. The van der Waals surface area contributed by atoms with Gasteiger partial charge in [-0.3, -0.25) is 14.4 Å². The Morgan fingerprint density at radius 1 is 0.951 bits per heavy atom. The third kappa shape index (κ3) is 7.42. The topological polar surface area (TPSA) is 131 Å². The normalized spacial score (nSPS) is 14.6. The van der Waals surface area contributed by atoms with E-state index in [2.05, 4.69) is 10.6 Å². The molecule has 9 nitrogen and oxygen atoms in total. The first kappa shape index (κ1) is 29.6. The van der Waals surface area contributed by atoms with Crippen LogP contribution in [0.3, 0.4) is 0 Å². The maximum atomic E-state index is 14.2. The van der Waals surface area contributed by atoms with Crippen molar-refractivity contribution in [1.82, 2.24) is 10.2 Å². The molecule has 4 N–H and O–H groups in total. The van der Waals surface area contributed by atoms with Crippen LogP contribution >= 0.6 is 0 Å². The number of anilines is 1. The molecule has 9 heteroatoms. The molecule has 216 valence electrons. The van der Waals surface area contributed by atoms with E-state index < -0.39 is 47.9 Å². The number of carbonyl (C=O) groups excluding carboxylic acids is 4. The Labute approximate surface area is 240 Å². The number of hydrogen-bond acceptors (Lipinski definition) is 5. The number of hydrogen-bond donors (Lipinski definition) is 3. The van der Waals surface area contributed by atoms with Crippen LogP contribution in [-0.2, 0) is 19.1 Å². The molecule has 1 aliphatic rings. The molecule has 0 aromatic heterocycles. The van der Waals surface area contributed by atoms with Crippen LogP contribution in [0.2, 0.25) is 0 Å². The Morgan fingerprint density at radius 3 is 2.17 bits per heavy atom. The van der Waals surface area contributed by atoms with Crippen molar-refractivity contribution >= 4 is 40.3 Å². The zero-order valence-corrected chi connectivity index (χ0v) is 24.2. The summed E-state index contributed by atoms with van der Waals surface area (Å²) in [5.74, 6) is -1.73. The number of primary amides is 1. The highest BCUT2D eigenvalue weighted by Crippen LogP contribution is 2.38. The second-order valence-electron chi connectivity index (χ2n) is 11.6. The highest BCUT2D eigenvalue weighted by Gasteiger charge is 2.45. The van der Waals surface area contributed by atoms with Gasteiger partial charge in [0.05, 0.1) is 6.42 Å². The molecular weight excluding hydrogens is 520 g/mol. The number of amides is 4. The zero-order valence-electron chi connectivity index (χ0n) is 24.2. The highest BCUT2D eigenvalue weighted by atomic mass is 16.6. The van der Waals surface area contributed by atoms with Gasteiger partial charge in [-0.2, -0.15) is 0 Å². The molecule has 1 fully saturated rings. The number of ether oxygens (including phenoxy) is 1. The van der Waals surface area contributed by atoms with Gasteiger partial charge in [-0.05, 0) is 87.1 Å². The molecule has 3 aromatic rings. The molecule has 1 saturated carbocycles. The largest absolute Gasteiger partial charge is 0.444 e. The summed E-state index contributed by atoms with van der Waals surface area (Å²) in [6, 6.07) is 16.6. The molecule has 0 bridgehead atoms. The summed E-state index contributed by atoms with van der Waals surface area (Å²) < 4.78 is 5.35. The van der Waals surface area contributed by atoms with Crippen molar-refractivity contribution < 1.29 is 23.9 Å². The first-order valence-electron chi connectivity index (χ1n) is 13.8. The number of rotatable bonds is 9. The maximum absolute atomic E-state index is 14.2. The summed E-state index contributed by atoms with van der Waals surface area (Å²) >= 11 is 0. The van der Waals surface area contributed by atoms with Gasteiger partial charge in [-0.15, -0.1) is 0 Å². The molecule has 2 atom stereocenters. The number of nitrogens with two attached hydrogens (primary N) is 1. The summed E-state index contributed by atoms with van der Waals surface area (Å²) in [5, 5.41) is 7.55. The average Bonchev–Trinajstić information content (AvgIpc) is 3.71. The zero-order chi connectivity index (χ0) is 29.9. The Bertz CT molecular complexity index is 1450. The summed E-state index contributed by atoms with van der Waals surface area (Å²) in [6.07, 6.45) is 0.0860. The number of benzene rings is 3. The number of alkyl carbamates (subject to hydrolysis) is 1. The molecular formula is C32H38N4O5. The van der Waals surface area contributed by atoms with E-state index in [9.17, 15) is 19.2 Å². The van der Waals surface area contributed by atoms with Gasteiger partial charge >= 0.3 is 6.09 Å². The smallest absolute Gasteiger partial charge is 0.408 e. The molecule has 1 aliphatic carbocycles. The van der Waals surface area contributed by atoms with Crippen molar-refractivity contribution in [3.05, 3.63) is 77.4 Å². The van der Waals surface area contributed by atoms with Crippen LogP contribution in [-0.4, -0.2) is 46.4 Å². The summed E-state index contributed by atoms with van der Waals surface area (Å²) in [7, 11) is 0. The van der Waals surface area contributed by atoms with E-state index in [-0.39, 0.29) is 6.04 Å². The molecule has 0 heterocycles. The monoisotopic (exact) mass is 558 g/mol. The van der Waals surface area contributed by atoms with E-state index in [4.69, 9.17) is 10.5 Å². The minimum absolute atomic E-state index is 0.246. The van der Waals surface area contributed by atoms with Gasteiger partial charge in [0.1, 0.15) is 17.7 Å². The lowest BCUT2D eigenvalue weighted by Crippen LogP contribution is -2.54. The first-order chi connectivity index (χ1) is 19.3. The molecule has 0 radical (unpaired) electrons. The Kier molecular flexibility index (Phi) is 8.66. The quantitative estimate of drug-likeness (QED) is 0.344. The SMILES string of the molecule is Cc1cccc(C)c1C(C(=O)Nc1ccc2ccccc2c1)N(C(=O)C(CC(N)=O)NC(=O)OC(C)(C)C)C1CC1. The van der Waals surface area contributed by atoms with Gasteiger partial charge in [-0.25, -0.2) is 4.79 Å². The molecule has 2 unspecified atom stereocenters.